The second kappa shape index (κ2) is 12.3. The molecule has 239 valence electrons. The first kappa shape index (κ1) is 34.8. The Hall–Kier alpha value is -3.07. The molecule has 0 amide bonds. The molecule has 0 saturated heterocycles. The molecule has 0 spiro atoms. The minimum Gasteiger partial charge on any atom is -0.511 e. The van der Waals surface area contributed by atoms with E-state index in [9.17, 15) is 9.90 Å². The third kappa shape index (κ3) is 6.47. The van der Waals surface area contributed by atoms with Gasteiger partial charge in [-0.2, -0.15) is 0 Å². The molecule has 2 aliphatic rings. The van der Waals surface area contributed by atoms with Gasteiger partial charge in [0.25, 0.3) is 0 Å². The van der Waals surface area contributed by atoms with Gasteiger partial charge in [0, 0.05) is 31.7 Å². The van der Waals surface area contributed by atoms with Gasteiger partial charge in [0.15, 0.2) is 0 Å². The van der Waals surface area contributed by atoms with Crippen LogP contribution in [-0.4, -0.2) is 20.7 Å². The zero-order valence-electron chi connectivity index (χ0n) is 28.6. The number of aromatic nitrogens is 1. The fraction of sp³-hybridized carbons (Fsp3) is 0.415. The molecule has 0 unspecified atom stereocenters. The number of hydrogen-bond donors (Lipinski definition) is 1. The summed E-state index contributed by atoms with van der Waals surface area (Å²) in [4.78, 5) is 14.6. The summed E-state index contributed by atoms with van der Waals surface area (Å²) in [7, 11) is 0. The summed E-state index contributed by atoms with van der Waals surface area (Å²) in [6.07, 6.45) is 7.07. The predicted octanol–water partition coefficient (Wildman–Crippen LogP) is 10.2. The molecule has 4 heteroatoms. The van der Waals surface area contributed by atoms with E-state index >= 15 is 0 Å². The van der Waals surface area contributed by atoms with Crippen LogP contribution in [0.15, 0.2) is 72.6 Å². The molecule has 0 aliphatic heterocycles. The average molecular weight is 780 g/mol. The van der Waals surface area contributed by atoms with Crippen molar-refractivity contribution >= 4 is 16.6 Å². The molecule has 3 nitrogen and oxygen atoms in total. The first-order valence-corrected chi connectivity index (χ1v) is 16.0. The topological polar surface area (TPSA) is 54.5 Å². The van der Waals surface area contributed by atoms with E-state index in [2.05, 4.69) is 94.6 Å². The largest absolute Gasteiger partial charge is 0.511 e. The molecule has 0 bridgehead atoms. The number of pyridine rings is 1. The summed E-state index contributed by atoms with van der Waals surface area (Å²) in [5, 5.41) is 12.3. The van der Waals surface area contributed by atoms with Gasteiger partial charge in [-0.15, -0.1) is 34.9 Å². The van der Waals surface area contributed by atoms with Gasteiger partial charge in [-0.25, -0.2) is 0 Å². The zero-order valence-corrected chi connectivity index (χ0v) is 31.0. The third-order valence-corrected chi connectivity index (χ3v) is 9.61. The number of carbonyl (C=O) groups excluding carboxylic acids is 1. The van der Waals surface area contributed by atoms with Crippen molar-refractivity contribution in [2.45, 2.75) is 99.3 Å². The predicted molar refractivity (Wildman–Crippen MR) is 185 cm³/mol. The molecule has 0 atom stereocenters. The Kier molecular flexibility index (Phi) is 9.49. The van der Waals surface area contributed by atoms with Gasteiger partial charge in [0.05, 0.1) is 11.5 Å². The normalized spacial score (nSPS) is 16.4. The number of nitrogens with zero attached hydrogens (tertiary/aromatic N) is 1. The van der Waals surface area contributed by atoms with Crippen LogP contribution in [0.1, 0.15) is 109 Å². The molecule has 45 heavy (non-hydrogen) atoms. The smallest absolute Gasteiger partial charge is 0.325 e. The molecule has 4 aromatic rings. The molecular weight excluding hydrogens is 731 g/mol. The van der Waals surface area contributed by atoms with Crippen molar-refractivity contribution in [2.75, 3.05) is 0 Å². The third-order valence-electron chi connectivity index (χ3n) is 9.61. The van der Waals surface area contributed by atoms with E-state index < -0.39 is 0 Å². The van der Waals surface area contributed by atoms with Crippen molar-refractivity contribution in [3.63, 3.8) is 0 Å². The van der Waals surface area contributed by atoms with Crippen molar-refractivity contribution in [1.82, 2.24) is 4.98 Å². The summed E-state index contributed by atoms with van der Waals surface area (Å²) in [6, 6.07) is 23.9. The van der Waals surface area contributed by atoms with E-state index in [0.29, 0.717) is 0 Å². The van der Waals surface area contributed by atoms with Crippen LogP contribution >= 0.6 is 0 Å². The summed E-state index contributed by atoms with van der Waals surface area (Å²) in [5.41, 5.74) is 9.96. The summed E-state index contributed by atoms with van der Waals surface area (Å²) < 4.78 is 0. The van der Waals surface area contributed by atoms with E-state index in [1.54, 1.807) is 0 Å². The molecule has 0 fully saturated rings. The van der Waals surface area contributed by atoms with Crippen LogP contribution < -0.4 is 0 Å². The van der Waals surface area contributed by atoms with E-state index in [4.69, 9.17) is 4.98 Å². The maximum Gasteiger partial charge on any atom is 0.325 e. The molecule has 1 heterocycles. The molecule has 2 N–H and O–H groups in total. The van der Waals surface area contributed by atoms with Crippen LogP contribution in [0.4, 0.5) is 0 Å². The van der Waals surface area contributed by atoms with E-state index in [1.807, 2.05) is 41.5 Å². The molecule has 3 aromatic carbocycles. The van der Waals surface area contributed by atoms with Crippen molar-refractivity contribution in [3.8, 4) is 11.3 Å². The summed E-state index contributed by atoms with van der Waals surface area (Å²) in [6.45, 7) is 20.8. The number of aliphatic hydroxyl groups excluding tert-OH is 1. The fourth-order valence-electron chi connectivity index (χ4n) is 6.62. The van der Waals surface area contributed by atoms with E-state index in [-0.39, 0.29) is 53.3 Å². The number of aliphatic hydroxyl groups is 1. The number of hydrogen-bond acceptors (Lipinski definition) is 2. The Bertz CT molecular complexity index is 1770. The number of allylic oxidation sites excluding steroid dienone is 2. The van der Waals surface area contributed by atoms with Gasteiger partial charge >= 0.3 is 5.78 Å². The second-order valence-corrected chi connectivity index (χ2v) is 15.7. The van der Waals surface area contributed by atoms with Gasteiger partial charge in [0.2, 0.25) is 0 Å². The van der Waals surface area contributed by atoms with Crippen LogP contribution in [0.2, 0.25) is 0 Å². The monoisotopic (exact) mass is 780 g/mol. The Morgan fingerprint density at radius 2 is 1.42 bits per heavy atom. The summed E-state index contributed by atoms with van der Waals surface area (Å²) >= 11 is 0. The number of ketones is 1. The number of rotatable bonds is 2. The molecule has 0 saturated carbocycles. The van der Waals surface area contributed by atoms with Crippen LogP contribution in [0, 0.1) is 16.9 Å². The zero-order chi connectivity index (χ0) is 32.2. The maximum absolute atomic E-state index is 9.60. The SMILES string of the molecule is CC(C)(C)C(=[OH+])/C=C(\O)C(C)(C)C.CC1(C)c2c[c-]c(-c3ncc4c5c(cccc35)CCC4)cc2C(C)(C)c2ccccc21.[Ir]. The van der Waals surface area contributed by atoms with Crippen molar-refractivity contribution in [3.05, 3.63) is 112 Å². The molecule has 6 rings (SSSR count). The van der Waals surface area contributed by atoms with E-state index in [1.165, 1.54) is 63.1 Å². The van der Waals surface area contributed by atoms with Crippen molar-refractivity contribution in [2.24, 2.45) is 10.8 Å². The van der Waals surface area contributed by atoms with Gasteiger partial charge in [-0.3, -0.25) is 4.79 Å². The molecular formula is C41H49IrNO2. The fourth-order valence-corrected chi connectivity index (χ4v) is 6.62. The van der Waals surface area contributed by atoms with Gasteiger partial charge in [-0.1, -0.05) is 90.9 Å². The van der Waals surface area contributed by atoms with Gasteiger partial charge < -0.3 is 10.1 Å². The molecule has 1 aromatic heterocycles. The Labute approximate surface area is 283 Å². The van der Waals surface area contributed by atoms with E-state index in [0.717, 1.165) is 17.7 Å². The van der Waals surface area contributed by atoms with Crippen LogP contribution in [-0.2, 0) is 43.8 Å². The van der Waals surface area contributed by atoms with Crippen molar-refractivity contribution < 1.29 is 30.0 Å². The van der Waals surface area contributed by atoms with Crippen molar-refractivity contribution in [1.29, 1.82) is 0 Å². The standard InChI is InChI=1S/C30H28N.C11H20O2.Ir/c1-29(2)23-13-5-6-14-24(23)30(3,4)26-17-20(15-16-25(26)29)28-22-12-8-10-19-9-7-11-21(18-31-28)27(19)22;1-10(2,3)8(12)7-9(13)11(4,5)6;/h5-6,8,10,12-14,16-18H,7,9,11H2,1-4H3;7,12H,1-6H3;/q-1;;/p+1/b;8-7-;. The minimum atomic E-state index is -0.306. The Morgan fingerprint density at radius 3 is 2.02 bits per heavy atom. The van der Waals surface area contributed by atoms with Gasteiger partial charge in [0.1, 0.15) is 5.76 Å². The minimum absolute atomic E-state index is 0. The number of benzene rings is 3. The maximum atomic E-state index is 9.60. The average Bonchev–Trinajstić information content (AvgIpc) is 2.96. The first-order valence-electron chi connectivity index (χ1n) is 16.0. The van der Waals surface area contributed by atoms with Gasteiger partial charge in [-0.05, 0) is 89.6 Å². The second-order valence-electron chi connectivity index (χ2n) is 15.7. The Morgan fingerprint density at radius 1 is 0.822 bits per heavy atom. The van der Waals surface area contributed by atoms with Crippen LogP contribution in [0.5, 0.6) is 0 Å². The number of aryl methyl sites for hydroxylation is 2. The first-order chi connectivity index (χ1) is 20.4. The Balaban J connectivity index is 0.000000283. The quantitative estimate of drug-likeness (QED) is 0.0954. The molecule has 2 aliphatic carbocycles. The summed E-state index contributed by atoms with van der Waals surface area (Å²) in [5.74, 6) is 0.417. The van der Waals surface area contributed by atoms with Crippen LogP contribution in [0.3, 0.4) is 0 Å². The number of fused-ring (bicyclic) bond motifs is 2. The van der Waals surface area contributed by atoms with Crippen LogP contribution in [0.25, 0.3) is 22.0 Å². The molecule has 1 radical (unpaired) electrons.